The summed E-state index contributed by atoms with van der Waals surface area (Å²) in [4.78, 5) is 11.9. The van der Waals surface area contributed by atoms with Gasteiger partial charge in [0, 0.05) is 5.69 Å². The van der Waals surface area contributed by atoms with Crippen molar-refractivity contribution >= 4 is 11.7 Å². The number of tetrazole rings is 1. The highest BCUT2D eigenvalue weighted by atomic mass is 19.1. The molecule has 1 heterocycles. The van der Waals surface area contributed by atoms with E-state index in [9.17, 15) is 9.18 Å². The number of rotatable bonds is 4. The van der Waals surface area contributed by atoms with Crippen LogP contribution in [-0.2, 0) is 6.54 Å². The third-order valence-electron chi connectivity index (χ3n) is 3.99. The first-order chi connectivity index (χ1) is 11.2. The van der Waals surface area contributed by atoms with E-state index in [1.54, 1.807) is 0 Å². The zero-order valence-electron chi connectivity index (χ0n) is 12.7. The molecule has 1 saturated carbocycles. The van der Waals surface area contributed by atoms with E-state index in [1.165, 1.54) is 43.5 Å². The minimum absolute atomic E-state index is 0.247. The summed E-state index contributed by atoms with van der Waals surface area (Å²) in [6, 6.07) is 5.52. The van der Waals surface area contributed by atoms with E-state index in [0.29, 0.717) is 17.6 Å². The largest absolute Gasteiger partial charge is 0.331 e. The zero-order chi connectivity index (χ0) is 16.1. The molecule has 0 unspecified atom stereocenters. The quantitative estimate of drug-likeness (QED) is 0.907. The van der Waals surface area contributed by atoms with Crippen LogP contribution in [0, 0.1) is 5.82 Å². The summed E-state index contributed by atoms with van der Waals surface area (Å²) in [6.07, 6.45) is 5.76. The van der Waals surface area contributed by atoms with Crippen LogP contribution in [0.1, 0.15) is 44.0 Å². The highest BCUT2D eigenvalue weighted by Crippen LogP contribution is 2.27. The van der Waals surface area contributed by atoms with Gasteiger partial charge < -0.3 is 10.6 Å². The van der Waals surface area contributed by atoms with Gasteiger partial charge in [-0.15, -0.1) is 5.10 Å². The molecule has 1 aliphatic carbocycles. The van der Waals surface area contributed by atoms with Crippen molar-refractivity contribution in [3.05, 3.63) is 35.9 Å². The number of benzene rings is 1. The molecule has 0 radical (unpaired) electrons. The third-order valence-corrected chi connectivity index (χ3v) is 3.99. The standard InChI is InChI=1S/C15H19FN6O/c16-11-6-8-12(9-7-11)18-15(23)17-10-14-19-20-21-22(14)13-4-2-1-3-5-13/h6-9,13H,1-5,10H2,(H2,17,18,23). The Labute approximate surface area is 133 Å². The summed E-state index contributed by atoms with van der Waals surface area (Å²) in [5, 5.41) is 17.1. The number of nitrogens with zero attached hydrogens (tertiary/aromatic N) is 4. The fourth-order valence-corrected chi connectivity index (χ4v) is 2.81. The number of aromatic nitrogens is 4. The molecule has 0 spiro atoms. The maximum absolute atomic E-state index is 12.8. The number of carbonyl (C=O) groups excluding carboxylic acids is 1. The van der Waals surface area contributed by atoms with Gasteiger partial charge >= 0.3 is 6.03 Å². The average molecular weight is 318 g/mol. The number of anilines is 1. The van der Waals surface area contributed by atoms with Crippen LogP contribution < -0.4 is 10.6 Å². The molecule has 2 amide bonds. The Kier molecular flexibility index (Phi) is 4.80. The second kappa shape index (κ2) is 7.17. The molecule has 1 aliphatic rings. The van der Waals surface area contributed by atoms with E-state index in [2.05, 4.69) is 26.2 Å². The molecule has 122 valence electrons. The Bertz CT molecular complexity index is 650. The van der Waals surface area contributed by atoms with Crippen LogP contribution in [0.3, 0.4) is 0 Å². The second-order valence-corrected chi connectivity index (χ2v) is 5.65. The summed E-state index contributed by atoms with van der Waals surface area (Å²) in [6.45, 7) is 0.247. The Morgan fingerprint density at radius 3 is 2.70 bits per heavy atom. The molecule has 3 rings (SSSR count). The van der Waals surface area contributed by atoms with Crippen molar-refractivity contribution in [2.45, 2.75) is 44.7 Å². The number of urea groups is 1. The molecule has 8 heteroatoms. The smallest absolute Gasteiger partial charge is 0.319 e. The number of amides is 2. The number of carbonyl (C=O) groups is 1. The van der Waals surface area contributed by atoms with Gasteiger partial charge in [0.15, 0.2) is 5.82 Å². The van der Waals surface area contributed by atoms with Gasteiger partial charge in [-0.1, -0.05) is 19.3 Å². The van der Waals surface area contributed by atoms with E-state index in [1.807, 2.05) is 4.68 Å². The van der Waals surface area contributed by atoms with E-state index >= 15 is 0 Å². The molecule has 1 fully saturated rings. The van der Waals surface area contributed by atoms with Crippen LogP contribution in [0.5, 0.6) is 0 Å². The van der Waals surface area contributed by atoms with Crippen LogP contribution in [0.15, 0.2) is 24.3 Å². The van der Waals surface area contributed by atoms with Gasteiger partial charge in [-0.2, -0.15) is 0 Å². The third kappa shape index (κ3) is 4.02. The molecular weight excluding hydrogens is 299 g/mol. The minimum atomic E-state index is -0.380. The molecule has 2 aromatic rings. The fourth-order valence-electron chi connectivity index (χ4n) is 2.81. The van der Waals surface area contributed by atoms with Crippen molar-refractivity contribution in [2.75, 3.05) is 5.32 Å². The molecule has 0 atom stereocenters. The first-order valence-corrected chi connectivity index (χ1v) is 7.79. The first kappa shape index (κ1) is 15.4. The monoisotopic (exact) mass is 318 g/mol. The average Bonchev–Trinajstić information content (AvgIpc) is 3.04. The molecule has 0 saturated heterocycles. The van der Waals surface area contributed by atoms with Gasteiger partial charge in [0.1, 0.15) is 5.82 Å². The number of halogens is 1. The van der Waals surface area contributed by atoms with E-state index in [4.69, 9.17) is 0 Å². The Morgan fingerprint density at radius 1 is 1.22 bits per heavy atom. The van der Waals surface area contributed by atoms with E-state index in [-0.39, 0.29) is 18.4 Å². The maximum atomic E-state index is 12.8. The van der Waals surface area contributed by atoms with Crippen molar-refractivity contribution in [1.29, 1.82) is 0 Å². The van der Waals surface area contributed by atoms with Crippen LogP contribution in [0.2, 0.25) is 0 Å². The van der Waals surface area contributed by atoms with Crippen LogP contribution in [0.25, 0.3) is 0 Å². The molecule has 0 aliphatic heterocycles. The van der Waals surface area contributed by atoms with Gasteiger partial charge in [-0.3, -0.25) is 0 Å². The molecule has 0 bridgehead atoms. The lowest BCUT2D eigenvalue weighted by molar-refractivity contribution is 0.250. The summed E-state index contributed by atoms with van der Waals surface area (Å²) in [7, 11) is 0. The number of hydrogen-bond donors (Lipinski definition) is 2. The molecule has 1 aromatic carbocycles. The van der Waals surface area contributed by atoms with Gasteiger partial charge in [0.05, 0.1) is 12.6 Å². The Balaban J connectivity index is 1.55. The summed E-state index contributed by atoms with van der Waals surface area (Å²) in [5.74, 6) is 0.300. The maximum Gasteiger partial charge on any atom is 0.319 e. The predicted molar refractivity (Wildman–Crippen MR) is 82.2 cm³/mol. The molecule has 2 N–H and O–H groups in total. The Morgan fingerprint density at radius 2 is 1.96 bits per heavy atom. The normalized spacial score (nSPS) is 15.3. The minimum Gasteiger partial charge on any atom is -0.331 e. The summed E-state index contributed by atoms with van der Waals surface area (Å²) >= 11 is 0. The van der Waals surface area contributed by atoms with Gasteiger partial charge in [-0.05, 0) is 47.5 Å². The zero-order valence-corrected chi connectivity index (χ0v) is 12.7. The van der Waals surface area contributed by atoms with E-state index in [0.717, 1.165) is 12.8 Å². The lowest BCUT2D eigenvalue weighted by Gasteiger charge is -2.22. The van der Waals surface area contributed by atoms with Crippen molar-refractivity contribution in [2.24, 2.45) is 0 Å². The lowest BCUT2D eigenvalue weighted by Crippen LogP contribution is -2.30. The van der Waals surface area contributed by atoms with Crippen molar-refractivity contribution < 1.29 is 9.18 Å². The first-order valence-electron chi connectivity index (χ1n) is 7.79. The van der Waals surface area contributed by atoms with Crippen LogP contribution in [0.4, 0.5) is 14.9 Å². The van der Waals surface area contributed by atoms with Crippen molar-refractivity contribution in [3.8, 4) is 0 Å². The fraction of sp³-hybridized carbons (Fsp3) is 0.467. The summed E-state index contributed by atoms with van der Waals surface area (Å²) < 4.78 is 14.6. The molecular formula is C15H19FN6O. The van der Waals surface area contributed by atoms with E-state index < -0.39 is 0 Å². The topological polar surface area (TPSA) is 84.7 Å². The molecule has 7 nitrogen and oxygen atoms in total. The SMILES string of the molecule is O=C(NCc1nnnn1C1CCCCC1)Nc1ccc(F)cc1. The van der Waals surface area contributed by atoms with Crippen LogP contribution >= 0.6 is 0 Å². The highest BCUT2D eigenvalue weighted by Gasteiger charge is 2.20. The highest BCUT2D eigenvalue weighted by molar-refractivity contribution is 5.89. The Hall–Kier alpha value is -2.51. The van der Waals surface area contributed by atoms with Gasteiger partial charge in [-0.25, -0.2) is 13.9 Å². The van der Waals surface area contributed by atoms with Gasteiger partial charge in [0.2, 0.25) is 0 Å². The number of nitrogens with one attached hydrogen (secondary N) is 2. The van der Waals surface area contributed by atoms with Crippen LogP contribution in [-0.4, -0.2) is 26.2 Å². The van der Waals surface area contributed by atoms with Gasteiger partial charge in [0.25, 0.3) is 0 Å². The number of hydrogen-bond acceptors (Lipinski definition) is 4. The van der Waals surface area contributed by atoms with Crippen molar-refractivity contribution in [1.82, 2.24) is 25.5 Å². The molecule has 1 aromatic heterocycles. The summed E-state index contributed by atoms with van der Waals surface area (Å²) in [5.41, 5.74) is 0.524. The lowest BCUT2D eigenvalue weighted by atomic mass is 9.96. The van der Waals surface area contributed by atoms with Crippen molar-refractivity contribution in [3.63, 3.8) is 0 Å². The molecule has 23 heavy (non-hydrogen) atoms. The predicted octanol–water partition coefficient (Wildman–Crippen LogP) is 2.64. The second-order valence-electron chi connectivity index (χ2n) is 5.65.